The SMILES string of the molecule is CN1CC(CCc2c(F)cccc2NC(=O)[C@@H](N)[C@@H](c2ccc(F)cc2)c2ccc(C(F)(F)F)cc2)NCC1CCCS(=O)[O-]. The van der Waals surface area contributed by atoms with Gasteiger partial charge in [-0.05, 0) is 80.3 Å². The molecule has 45 heavy (non-hydrogen) atoms. The Balaban J connectivity index is 1.47. The molecule has 3 aromatic rings. The number of hydrogen-bond acceptors (Lipinski definition) is 6. The maximum atomic E-state index is 15.1. The van der Waals surface area contributed by atoms with Gasteiger partial charge in [-0.15, -0.1) is 0 Å². The van der Waals surface area contributed by atoms with Crippen molar-refractivity contribution in [1.82, 2.24) is 10.2 Å². The predicted octanol–water partition coefficient (Wildman–Crippen LogP) is 4.95. The number of rotatable bonds is 12. The molecule has 1 aliphatic rings. The molecule has 0 bridgehead atoms. The van der Waals surface area contributed by atoms with E-state index in [0.717, 1.165) is 18.6 Å². The molecule has 4 rings (SSSR count). The molecule has 5 atom stereocenters. The molecule has 7 nitrogen and oxygen atoms in total. The highest BCUT2D eigenvalue weighted by Crippen LogP contribution is 2.33. The molecule has 4 N–H and O–H groups in total. The largest absolute Gasteiger partial charge is 0.772 e. The summed E-state index contributed by atoms with van der Waals surface area (Å²) in [4.78, 5) is 15.7. The maximum Gasteiger partial charge on any atom is 0.416 e. The van der Waals surface area contributed by atoms with E-state index in [4.69, 9.17) is 5.73 Å². The Kier molecular flexibility index (Phi) is 11.8. The molecule has 3 unspecified atom stereocenters. The molecule has 0 spiro atoms. The minimum absolute atomic E-state index is 0.0350. The van der Waals surface area contributed by atoms with Crippen LogP contribution in [-0.2, 0) is 28.5 Å². The molecule has 0 aliphatic carbocycles. The van der Waals surface area contributed by atoms with Crippen LogP contribution < -0.4 is 16.4 Å². The minimum atomic E-state index is -4.55. The Morgan fingerprint density at radius 2 is 1.71 bits per heavy atom. The van der Waals surface area contributed by atoms with Crippen molar-refractivity contribution in [3.05, 3.63) is 101 Å². The van der Waals surface area contributed by atoms with Crippen LogP contribution >= 0.6 is 0 Å². The fourth-order valence-electron chi connectivity index (χ4n) is 5.74. The third kappa shape index (κ3) is 9.39. The molecule has 1 amide bonds. The average Bonchev–Trinajstić information content (AvgIpc) is 2.98. The second-order valence-electron chi connectivity index (χ2n) is 11.3. The summed E-state index contributed by atoms with van der Waals surface area (Å²) >= 11 is -2.07. The molecule has 0 saturated carbocycles. The smallest absolute Gasteiger partial charge is 0.416 e. The number of nitrogens with two attached hydrogens (primary N) is 1. The average molecular weight is 652 g/mol. The fourth-order valence-corrected chi connectivity index (χ4v) is 6.15. The third-order valence-electron chi connectivity index (χ3n) is 8.23. The van der Waals surface area contributed by atoms with Crippen molar-refractivity contribution in [1.29, 1.82) is 0 Å². The first-order valence-electron chi connectivity index (χ1n) is 14.6. The highest BCUT2D eigenvalue weighted by molar-refractivity contribution is 7.79. The molecule has 1 saturated heterocycles. The van der Waals surface area contributed by atoms with Crippen LogP contribution in [0.25, 0.3) is 0 Å². The number of likely N-dealkylation sites (N-methyl/N-ethyl adjacent to an activating group) is 1. The van der Waals surface area contributed by atoms with Crippen LogP contribution in [0, 0.1) is 11.6 Å². The number of carbonyl (C=O) groups is 1. The number of alkyl halides is 3. The van der Waals surface area contributed by atoms with E-state index in [1.807, 2.05) is 7.05 Å². The van der Waals surface area contributed by atoms with Crippen LogP contribution in [0.2, 0.25) is 0 Å². The number of hydrogen-bond donors (Lipinski definition) is 3. The van der Waals surface area contributed by atoms with E-state index in [-0.39, 0.29) is 29.1 Å². The summed E-state index contributed by atoms with van der Waals surface area (Å²) in [5.74, 6) is -2.53. The summed E-state index contributed by atoms with van der Waals surface area (Å²) in [5.41, 5.74) is 6.82. The zero-order chi connectivity index (χ0) is 32.7. The van der Waals surface area contributed by atoms with E-state index in [2.05, 4.69) is 15.5 Å². The van der Waals surface area contributed by atoms with Crippen LogP contribution in [0.3, 0.4) is 0 Å². The van der Waals surface area contributed by atoms with Crippen LogP contribution in [0.15, 0.2) is 66.7 Å². The Morgan fingerprint density at radius 3 is 2.31 bits per heavy atom. The van der Waals surface area contributed by atoms with Gasteiger partial charge in [-0.2, -0.15) is 13.2 Å². The normalized spacial score (nSPS) is 19.6. The van der Waals surface area contributed by atoms with Crippen LogP contribution in [0.1, 0.15) is 47.4 Å². The van der Waals surface area contributed by atoms with Crippen LogP contribution in [-0.4, -0.2) is 63.6 Å². The number of halogens is 5. The van der Waals surface area contributed by atoms with Gasteiger partial charge < -0.3 is 25.8 Å². The number of nitrogens with zero attached hydrogens (tertiary/aromatic N) is 1. The second-order valence-corrected chi connectivity index (χ2v) is 12.3. The van der Waals surface area contributed by atoms with E-state index < -0.39 is 52.3 Å². The van der Waals surface area contributed by atoms with Crippen molar-refractivity contribution in [2.75, 3.05) is 31.2 Å². The van der Waals surface area contributed by atoms with Crippen molar-refractivity contribution in [3.63, 3.8) is 0 Å². The lowest BCUT2D eigenvalue weighted by Crippen LogP contribution is -2.55. The fraction of sp³-hybridized carbons (Fsp3) is 0.406. The Hall–Kier alpha value is -3.23. The summed E-state index contributed by atoms with van der Waals surface area (Å²) in [6.45, 7) is 1.34. The quantitative estimate of drug-likeness (QED) is 0.189. The standard InChI is InChI=1S/C32H37F5N4O3S/c1-41-19-24(39-18-25(41)4-3-17-45(43)44)15-16-26-27(34)5-2-6-28(26)40-31(42)30(38)29(21-9-13-23(33)14-10-21)20-7-11-22(12-8-20)32(35,36)37/h2,5-14,24-25,29-30,39H,3-4,15-19,38H2,1H3,(H,40,42)(H,43,44)/p-1/t24?,25?,29-,30+/m1/s1. The van der Waals surface area contributed by atoms with Gasteiger partial charge in [-0.1, -0.05) is 41.4 Å². The monoisotopic (exact) mass is 651 g/mol. The second kappa shape index (κ2) is 15.4. The van der Waals surface area contributed by atoms with Gasteiger partial charge in [-0.3, -0.25) is 9.00 Å². The lowest BCUT2D eigenvalue weighted by molar-refractivity contribution is -0.137. The molecule has 0 radical (unpaired) electrons. The zero-order valence-corrected chi connectivity index (χ0v) is 25.5. The summed E-state index contributed by atoms with van der Waals surface area (Å²) in [6.07, 6.45) is -2.40. The lowest BCUT2D eigenvalue weighted by Gasteiger charge is -2.38. The molecule has 1 aliphatic heterocycles. The summed E-state index contributed by atoms with van der Waals surface area (Å²) < 4.78 is 90.0. The first-order chi connectivity index (χ1) is 21.3. The summed E-state index contributed by atoms with van der Waals surface area (Å²) in [6, 6.07) is 12.7. The summed E-state index contributed by atoms with van der Waals surface area (Å²) in [5, 5.41) is 6.17. The van der Waals surface area contributed by atoms with Gasteiger partial charge in [0.15, 0.2) is 0 Å². The molecule has 13 heteroatoms. The molecular formula is C32H36F5N4O3S-. The molecule has 3 aromatic carbocycles. The van der Waals surface area contributed by atoms with Crippen molar-refractivity contribution < 1.29 is 35.5 Å². The Morgan fingerprint density at radius 1 is 1.07 bits per heavy atom. The van der Waals surface area contributed by atoms with Gasteiger partial charge in [0, 0.05) is 48.1 Å². The molecule has 0 aromatic heterocycles. The number of anilines is 1. The van der Waals surface area contributed by atoms with Gasteiger partial charge in [0.2, 0.25) is 5.91 Å². The van der Waals surface area contributed by atoms with Gasteiger partial charge in [0.05, 0.1) is 11.6 Å². The van der Waals surface area contributed by atoms with Gasteiger partial charge in [-0.25, -0.2) is 8.78 Å². The molecule has 1 fully saturated rings. The molecule has 244 valence electrons. The van der Waals surface area contributed by atoms with E-state index in [1.165, 1.54) is 48.5 Å². The third-order valence-corrected chi connectivity index (χ3v) is 8.85. The molecular weight excluding hydrogens is 615 g/mol. The number of piperazine rings is 1. The lowest BCUT2D eigenvalue weighted by atomic mass is 9.84. The number of benzene rings is 3. The van der Waals surface area contributed by atoms with Gasteiger partial charge in [0.25, 0.3) is 0 Å². The topological polar surface area (TPSA) is 111 Å². The van der Waals surface area contributed by atoms with Crippen molar-refractivity contribution in [3.8, 4) is 0 Å². The highest BCUT2D eigenvalue weighted by Gasteiger charge is 2.33. The van der Waals surface area contributed by atoms with E-state index in [1.54, 1.807) is 6.07 Å². The van der Waals surface area contributed by atoms with Crippen molar-refractivity contribution in [2.45, 2.75) is 55.9 Å². The van der Waals surface area contributed by atoms with Crippen LogP contribution in [0.4, 0.5) is 27.6 Å². The Labute approximate surface area is 261 Å². The highest BCUT2D eigenvalue weighted by atomic mass is 32.2. The van der Waals surface area contributed by atoms with E-state index in [9.17, 15) is 31.1 Å². The van der Waals surface area contributed by atoms with Crippen molar-refractivity contribution in [2.24, 2.45) is 5.73 Å². The first kappa shape index (κ1) is 34.6. The zero-order valence-electron chi connectivity index (χ0n) is 24.7. The van der Waals surface area contributed by atoms with Crippen molar-refractivity contribution >= 4 is 22.7 Å². The molecule has 1 heterocycles. The van der Waals surface area contributed by atoms with Gasteiger partial charge in [0.1, 0.15) is 11.6 Å². The number of carbonyl (C=O) groups excluding carboxylic acids is 1. The maximum absolute atomic E-state index is 15.1. The minimum Gasteiger partial charge on any atom is -0.772 e. The summed E-state index contributed by atoms with van der Waals surface area (Å²) in [7, 11) is 1.97. The van der Waals surface area contributed by atoms with Gasteiger partial charge >= 0.3 is 6.18 Å². The Bertz CT molecular complexity index is 1460. The van der Waals surface area contributed by atoms with E-state index in [0.29, 0.717) is 43.5 Å². The van der Waals surface area contributed by atoms with E-state index >= 15 is 4.39 Å². The number of amides is 1. The number of nitrogens with one attached hydrogen (secondary N) is 2. The van der Waals surface area contributed by atoms with Crippen LogP contribution in [0.5, 0.6) is 0 Å². The predicted molar refractivity (Wildman–Crippen MR) is 162 cm³/mol. The first-order valence-corrected chi connectivity index (χ1v) is 15.8.